The summed E-state index contributed by atoms with van der Waals surface area (Å²) in [6.07, 6.45) is 0. The zero-order valence-corrected chi connectivity index (χ0v) is 10.7. The highest BCUT2D eigenvalue weighted by Crippen LogP contribution is 2.24. The van der Waals surface area contributed by atoms with E-state index in [1.54, 1.807) is 26.0 Å². The minimum Gasteiger partial charge on any atom is -0.507 e. The number of nitrogens with one attached hydrogen (secondary N) is 1. The van der Waals surface area contributed by atoms with Gasteiger partial charge in [0.25, 0.3) is 5.91 Å². The predicted molar refractivity (Wildman–Crippen MR) is 64.4 cm³/mol. The topological polar surface area (TPSA) is 69.6 Å². The molecule has 0 aliphatic carbocycles. The van der Waals surface area contributed by atoms with Gasteiger partial charge in [0, 0.05) is 5.56 Å². The van der Waals surface area contributed by atoms with E-state index in [1.807, 2.05) is 0 Å². The molecule has 3 N–H and O–H groups in total. The number of amides is 1. The van der Waals surface area contributed by atoms with Crippen LogP contribution in [0, 0.1) is 0 Å². The molecule has 0 bridgehead atoms. The lowest BCUT2D eigenvalue weighted by atomic mass is 10.1. The fourth-order valence-corrected chi connectivity index (χ4v) is 1.32. The first-order valence-corrected chi connectivity index (χ1v) is 5.57. The van der Waals surface area contributed by atoms with Crippen LogP contribution in [0.25, 0.3) is 0 Å². The average molecular weight is 288 g/mol. The number of aliphatic hydroxyl groups excluding tert-OH is 1. The Bertz CT molecular complexity index is 404. The molecule has 0 aliphatic rings. The predicted octanol–water partition coefficient (Wildman–Crippen LogP) is 1.66. The van der Waals surface area contributed by atoms with E-state index in [-0.39, 0.29) is 18.3 Å². The third-order valence-corrected chi connectivity index (χ3v) is 2.73. The molecule has 0 atom stereocenters. The second-order valence-corrected chi connectivity index (χ2v) is 5.02. The van der Waals surface area contributed by atoms with Gasteiger partial charge < -0.3 is 15.5 Å². The van der Waals surface area contributed by atoms with Crippen molar-refractivity contribution in [2.45, 2.75) is 19.4 Å². The van der Waals surface area contributed by atoms with Gasteiger partial charge in [-0.1, -0.05) is 0 Å². The number of carbonyl (C=O) groups is 1. The molecule has 0 aromatic heterocycles. The molecule has 0 aliphatic heterocycles. The van der Waals surface area contributed by atoms with Gasteiger partial charge in [-0.25, -0.2) is 0 Å². The van der Waals surface area contributed by atoms with Crippen molar-refractivity contribution in [2.24, 2.45) is 0 Å². The number of hydrogen-bond acceptors (Lipinski definition) is 3. The number of hydrogen-bond donors (Lipinski definition) is 3. The van der Waals surface area contributed by atoms with E-state index < -0.39 is 5.54 Å². The molecule has 16 heavy (non-hydrogen) atoms. The lowest BCUT2D eigenvalue weighted by molar-refractivity contribution is 0.0869. The summed E-state index contributed by atoms with van der Waals surface area (Å²) in [4.78, 5) is 11.7. The van der Waals surface area contributed by atoms with Crippen molar-refractivity contribution in [2.75, 3.05) is 6.61 Å². The fourth-order valence-electron chi connectivity index (χ4n) is 1.07. The smallest absolute Gasteiger partial charge is 0.251 e. The van der Waals surface area contributed by atoms with Crippen molar-refractivity contribution in [3.63, 3.8) is 0 Å². The molecular weight excluding hydrogens is 274 g/mol. The lowest BCUT2D eigenvalue weighted by Crippen LogP contribution is -2.46. The van der Waals surface area contributed by atoms with E-state index in [9.17, 15) is 9.90 Å². The third-order valence-electron chi connectivity index (χ3n) is 2.06. The summed E-state index contributed by atoms with van der Waals surface area (Å²) in [5.41, 5.74) is -0.331. The summed E-state index contributed by atoms with van der Waals surface area (Å²) in [5, 5.41) is 21.1. The zero-order chi connectivity index (χ0) is 12.3. The Kier molecular flexibility index (Phi) is 3.93. The van der Waals surface area contributed by atoms with Crippen molar-refractivity contribution < 1.29 is 15.0 Å². The van der Waals surface area contributed by atoms with Crippen molar-refractivity contribution >= 4 is 21.8 Å². The van der Waals surface area contributed by atoms with Gasteiger partial charge in [0.05, 0.1) is 16.6 Å². The normalized spacial score (nSPS) is 11.2. The molecule has 0 spiro atoms. The quantitative estimate of drug-likeness (QED) is 0.792. The molecule has 0 saturated heterocycles. The first-order chi connectivity index (χ1) is 7.35. The number of rotatable bonds is 3. The molecule has 5 heteroatoms. The highest BCUT2D eigenvalue weighted by atomic mass is 79.9. The SMILES string of the molecule is CC(C)(CO)NC(=O)c1ccc(Br)c(O)c1. The minimum atomic E-state index is -0.681. The van der Waals surface area contributed by atoms with Crippen LogP contribution in [0.2, 0.25) is 0 Å². The van der Waals surface area contributed by atoms with E-state index in [0.29, 0.717) is 10.0 Å². The van der Waals surface area contributed by atoms with Crippen LogP contribution in [0.4, 0.5) is 0 Å². The van der Waals surface area contributed by atoms with Crippen LogP contribution < -0.4 is 5.32 Å². The third kappa shape index (κ3) is 3.21. The molecule has 1 aromatic rings. The molecule has 0 radical (unpaired) electrons. The summed E-state index contributed by atoms with van der Waals surface area (Å²) in [6.45, 7) is 3.27. The Hall–Kier alpha value is -1.07. The molecule has 1 aromatic carbocycles. The number of aromatic hydroxyl groups is 1. The van der Waals surface area contributed by atoms with E-state index in [1.165, 1.54) is 6.07 Å². The highest BCUT2D eigenvalue weighted by molar-refractivity contribution is 9.10. The first kappa shape index (κ1) is 13.0. The molecule has 0 fully saturated rings. The Morgan fingerprint density at radius 1 is 1.50 bits per heavy atom. The van der Waals surface area contributed by atoms with Crippen molar-refractivity contribution in [3.05, 3.63) is 28.2 Å². The number of benzene rings is 1. The maximum absolute atomic E-state index is 11.7. The highest BCUT2D eigenvalue weighted by Gasteiger charge is 2.20. The molecule has 0 saturated carbocycles. The molecular formula is C11H14BrNO3. The van der Waals surface area contributed by atoms with Gasteiger partial charge in [-0.05, 0) is 48.0 Å². The van der Waals surface area contributed by atoms with Crippen LogP contribution in [0.15, 0.2) is 22.7 Å². The summed E-state index contributed by atoms with van der Waals surface area (Å²) in [7, 11) is 0. The van der Waals surface area contributed by atoms with E-state index in [2.05, 4.69) is 21.2 Å². The zero-order valence-electron chi connectivity index (χ0n) is 9.12. The van der Waals surface area contributed by atoms with Gasteiger partial charge in [0.2, 0.25) is 0 Å². The monoisotopic (exact) mass is 287 g/mol. The summed E-state index contributed by atoms with van der Waals surface area (Å²) >= 11 is 3.13. The second kappa shape index (κ2) is 4.84. The van der Waals surface area contributed by atoms with E-state index in [0.717, 1.165) is 0 Å². The standard InChI is InChI=1S/C11H14BrNO3/c1-11(2,6-14)13-10(16)7-3-4-8(12)9(15)5-7/h3-5,14-15H,6H2,1-2H3,(H,13,16). The number of halogens is 1. The molecule has 4 nitrogen and oxygen atoms in total. The maximum atomic E-state index is 11.7. The van der Waals surface area contributed by atoms with Gasteiger partial charge in [0.15, 0.2) is 0 Å². The van der Waals surface area contributed by atoms with Gasteiger partial charge in [0.1, 0.15) is 5.75 Å². The minimum absolute atomic E-state index is 0.00875. The van der Waals surface area contributed by atoms with Gasteiger partial charge in [-0.2, -0.15) is 0 Å². The van der Waals surface area contributed by atoms with E-state index >= 15 is 0 Å². The Morgan fingerprint density at radius 3 is 2.62 bits per heavy atom. The second-order valence-electron chi connectivity index (χ2n) is 4.16. The van der Waals surface area contributed by atoms with Crippen LogP contribution in [0.5, 0.6) is 5.75 Å². The summed E-state index contributed by atoms with van der Waals surface area (Å²) in [6, 6.07) is 4.55. The van der Waals surface area contributed by atoms with Crippen molar-refractivity contribution in [3.8, 4) is 5.75 Å². The molecule has 1 rings (SSSR count). The van der Waals surface area contributed by atoms with Crippen LogP contribution in [0.3, 0.4) is 0 Å². The average Bonchev–Trinajstić information content (AvgIpc) is 2.21. The number of aliphatic hydroxyl groups is 1. The van der Waals surface area contributed by atoms with Gasteiger partial charge >= 0.3 is 0 Å². The van der Waals surface area contributed by atoms with Gasteiger partial charge in [-0.3, -0.25) is 4.79 Å². The summed E-state index contributed by atoms with van der Waals surface area (Å²) < 4.78 is 0.533. The number of phenols is 1. The molecule has 88 valence electrons. The largest absolute Gasteiger partial charge is 0.507 e. The van der Waals surface area contributed by atoms with E-state index in [4.69, 9.17) is 5.11 Å². The lowest BCUT2D eigenvalue weighted by Gasteiger charge is -2.23. The molecule has 0 unspecified atom stereocenters. The molecule has 0 heterocycles. The van der Waals surface area contributed by atoms with Gasteiger partial charge in [-0.15, -0.1) is 0 Å². The first-order valence-electron chi connectivity index (χ1n) is 4.77. The van der Waals surface area contributed by atoms with Crippen molar-refractivity contribution in [1.29, 1.82) is 0 Å². The number of carbonyl (C=O) groups excluding carboxylic acids is 1. The fraction of sp³-hybridized carbons (Fsp3) is 0.364. The Labute approximate surface area is 102 Å². The summed E-state index contributed by atoms with van der Waals surface area (Å²) in [5.74, 6) is -0.323. The number of phenolic OH excluding ortho intramolecular Hbond substituents is 1. The Morgan fingerprint density at radius 2 is 2.12 bits per heavy atom. The van der Waals surface area contributed by atoms with Crippen LogP contribution in [-0.4, -0.2) is 28.3 Å². The van der Waals surface area contributed by atoms with Crippen LogP contribution >= 0.6 is 15.9 Å². The van der Waals surface area contributed by atoms with Crippen LogP contribution in [0.1, 0.15) is 24.2 Å². The Balaban J connectivity index is 2.85. The van der Waals surface area contributed by atoms with Crippen molar-refractivity contribution in [1.82, 2.24) is 5.32 Å². The molecule has 1 amide bonds. The van der Waals surface area contributed by atoms with Crippen LogP contribution in [-0.2, 0) is 0 Å². The maximum Gasteiger partial charge on any atom is 0.251 e.